The first-order chi connectivity index (χ1) is 20.3. The number of ether oxygens (including phenoxy) is 4. The quantitative estimate of drug-likeness (QED) is 0.295. The smallest absolute Gasteiger partial charge is 0.308 e. The maximum absolute atomic E-state index is 13.8. The Morgan fingerprint density at radius 1 is 1.00 bits per heavy atom. The molecule has 230 valence electrons. The van der Waals surface area contributed by atoms with Gasteiger partial charge in [-0.05, 0) is 69.7 Å². The second kappa shape index (κ2) is 15.1. The number of carbonyl (C=O) groups excluding carboxylic acids is 1. The summed E-state index contributed by atoms with van der Waals surface area (Å²) in [4.78, 5) is 32.7. The highest BCUT2D eigenvalue weighted by Crippen LogP contribution is 2.42. The first kappa shape index (κ1) is 31.4. The van der Waals surface area contributed by atoms with E-state index in [0.717, 1.165) is 37.8 Å². The minimum Gasteiger partial charge on any atom is -0.493 e. The molecule has 4 rings (SSSR count). The van der Waals surface area contributed by atoms with Crippen molar-refractivity contribution in [3.63, 3.8) is 0 Å². The number of aliphatic carboxylic acids is 1. The van der Waals surface area contributed by atoms with Crippen LogP contribution in [-0.4, -0.2) is 105 Å². The second-order valence-electron chi connectivity index (χ2n) is 11.3. The van der Waals surface area contributed by atoms with E-state index in [1.54, 1.807) is 19.2 Å². The number of hydrogen-bond donors (Lipinski definition) is 1. The number of likely N-dealkylation sites (tertiary alicyclic amines) is 1. The molecular weight excluding hydrogens is 538 g/mol. The Balaban J connectivity index is 1.57. The number of rotatable bonds is 16. The van der Waals surface area contributed by atoms with Crippen LogP contribution in [0.5, 0.6) is 23.0 Å². The van der Waals surface area contributed by atoms with Crippen LogP contribution in [0.4, 0.5) is 0 Å². The predicted octanol–water partition coefficient (Wildman–Crippen LogP) is 3.94. The first-order valence-corrected chi connectivity index (χ1v) is 14.9. The van der Waals surface area contributed by atoms with Crippen molar-refractivity contribution >= 4 is 11.9 Å². The van der Waals surface area contributed by atoms with Crippen LogP contribution in [-0.2, 0) is 9.59 Å². The lowest BCUT2D eigenvalue weighted by Gasteiger charge is -2.30. The van der Waals surface area contributed by atoms with E-state index >= 15 is 0 Å². The van der Waals surface area contributed by atoms with E-state index in [0.29, 0.717) is 42.6 Å². The number of fused-ring (bicyclic) bond motifs is 1. The minimum atomic E-state index is -0.923. The van der Waals surface area contributed by atoms with Crippen molar-refractivity contribution in [2.45, 2.75) is 44.6 Å². The van der Waals surface area contributed by atoms with E-state index in [9.17, 15) is 14.7 Å². The molecule has 1 saturated heterocycles. The van der Waals surface area contributed by atoms with Crippen molar-refractivity contribution < 1.29 is 33.6 Å². The Labute approximate surface area is 249 Å². The average molecular weight is 584 g/mol. The molecule has 2 aromatic rings. The summed E-state index contributed by atoms with van der Waals surface area (Å²) in [5.74, 6) is 0.299. The van der Waals surface area contributed by atoms with Crippen LogP contribution in [0, 0.1) is 5.92 Å². The average Bonchev–Trinajstić information content (AvgIpc) is 3.59. The number of carboxylic acids is 1. The predicted molar refractivity (Wildman–Crippen MR) is 160 cm³/mol. The zero-order chi connectivity index (χ0) is 30.1. The number of carbonyl (C=O) groups is 2. The molecule has 2 aliphatic rings. The van der Waals surface area contributed by atoms with E-state index < -0.39 is 17.9 Å². The molecule has 1 fully saturated rings. The number of benzene rings is 2. The normalized spacial score (nSPS) is 19.7. The SMILES string of the molecule is CCCCN(CCCCN(C)C)C(=O)CN1CC(c2ccc3c(c2)OCO3)[C@H](C(=O)O)[C@H]1COc1ccccc1OC. The zero-order valence-electron chi connectivity index (χ0n) is 25.3. The Bertz CT molecular complexity index is 1190. The summed E-state index contributed by atoms with van der Waals surface area (Å²) >= 11 is 0. The number of nitrogens with zero attached hydrogens (tertiary/aromatic N) is 3. The van der Waals surface area contributed by atoms with Crippen LogP contribution >= 0.6 is 0 Å². The summed E-state index contributed by atoms with van der Waals surface area (Å²) in [6.07, 6.45) is 3.85. The highest BCUT2D eigenvalue weighted by Gasteiger charge is 2.48. The molecule has 0 spiro atoms. The minimum absolute atomic E-state index is 0.0195. The monoisotopic (exact) mass is 583 g/mol. The van der Waals surface area contributed by atoms with Crippen LogP contribution < -0.4 is 18.9 Å². The second-order valence-corrected chi connectivity index (χ2v) is 11.3. The third-order valence-electron chi connectivity index (χ3n) is 8.09. The van der Waals surface area contributed by atoms with Gasteiger partial charge in [-0.3, -0.25) is 14.5 Å². The van der Waals surface area contributed by atoms with E-state index in [2.05, 4.69) is 25.9 Å². The van der Waals surface area contributed by atoms with Gasteiger partial charge in [-0.25, -0.2) is 0 Å². The number of methoxy groups -OCH3 is 1. The Kier molecular flexibility index (Phi) is 11.3. The van der Waals surface area contributed by atoms with Crippen LogP contribution in [0.1, 0.15) is 44.1 Å². The zero-order valence-corrected chi connectivity index (χ0v) is 25.3. The lowest BCUT2D eigenvalue weighted by molar-refractivity contribution is -0.144. The molecule has 2 aliphatic heterocycles. The van der Waals surface area contributed by atoms with Gasteiger partial charge in [0.2, 0.25) is 12.7 Å². The summed E-state index contributed by atoms with van der Waals surface area (Å²) < 4.78 is 22.7. The Morgan fingerprint density at radius 2 is 1.71 bits per heavy atom. The third-order valence-corrected chi connectivity index (χ3v) is 8.09. The summed E-state index contributed by atoms with van der Waals surface area (Å²) in [7, 11) is 5.67. The maximum Gasteiger partial charge on any atom is 0.308 e. The van der Waals surface area contributed by atoms with Gasteiger partial charge in [0, 0.05) is 25.6 Å². The van der Waals surface area contributed by atoms with E-state index in [1.165, 1.54) is 0 Å². The van der Waals surface area contributed by atoms with Crippen LogP contribution in [0.2, 0.25) is 0 Å². The molecule has 0 bridgehead atoms. The molecule has 42 heavy (non-hydrogen) atoms. The number of unbranched alkanes of at least 4 members (excludes halogenated alkanes) is 2. The van der Waals surface area contributed by atoms with Crippen molar-refractivity contribution in [1.82, 2.24) is 14.7 Å². The topological polar surface area (TPSA) is 101 Å². The van der Waals surface area contributed by atoms with Crippen molar-refractivity contribution in [3.8, 4) is 23.0 Å². The van der Waals surface area contributed by atoms with Crippen LogP contribution in [0.25, 0.3) is 0 Å². The van der Waals surface area contributed by atoms with E-state index in [-0.39, 0.29) is 31.8 Å². The fourth-order valence-corrected chi connectivity index (χ4v) is 5.81. The van der Waals surface area contributed by atoms with E-state index in [4.69, 9.17) is 18.9 Å². The van der Waals surface area contributed by atoms with Gasteiger partial charge in [0.05, 0.1) is 25.6 Å². The summed E-state index contributed by atoms with van der Waals surface area (Å²) in [6.45, 7) is 5.26. The first-order valence-electron chi connectivity index (χ1n) is 14.9. The molecule has 0 aromatic heterocycles. The van der Waals surface area contributed by atoms with E-state index in [1.807, 2.05) is 40.1 Å². The van der Waals surface area contributed by atoms with Gasteiger partial charge in [-0.15, -0.1) is 0 Å². The maximum atomic E-state index is 13.8. The molecule has 2 aromatic carbocycles. The summed E-state index contributed by atoms with van der Waals surface area (Å²) in [5, 5.41) is 10.5. The van der Waals surface area contributed by atoms with Gasteiger partial charge in [-0.1, -0.05) is 31.5 Å². The largest absolute Gasteiger partial charge is 0.493 e. The molecule has 0 aliphatic carbocycles. The molecule has 1 unspecified atom stereocenters. The molecule has 1 amide bonds. The molecular formula is C32H45N3O7. The van der Waals surface area contributed by atoms with Crippen molar-refractivity contribution in [2.24, 2.45) is 5.92 Å². The fraction of sp³-hybridized carbons (Fsp3) is 0.562. The number of amides is 1. The molecule has 3 atom stereocenters. The van der Waals surface area contributed by atoms with Crippen LogP contribution in [0.15, 0.2) is 42.5 Å². The molecule has 0 radical (unpaired) electrons. The lowest BCUT2D eigenvalue weighted by Crippen LogP contribution is -2.46. The summed E-state index contributed by atoms with van der Waals surface area (Å²) in [6, 6.07) is 12.4. The highest BCUT2D eigenvalue weighted by atomic mass is 16.7. The van der Waals surface area contributed by atoms with Gasteiger partial charge >= 0.3 is 5.97 Å². The highest BCUT2D eigenvalue weighted by molar-refractivity contribution is 5.79. The molecule has 10 heteroatoms. The Hall–Kier alpha value is -3.50. The molecule has 1 N–H and O–H groups in total. The standard InChI is InChI=1S/C32H45N3O7/c1-5-6-16-34(17-10-9-15-33(2)3)30(36)20-35-19-24(23-13-14-28-29(18-23)42-22-41-28)31(32(37)38)25(35)21-40-27-12-8-7-11-26(27)39-4/h7-8,11-14,18,24-25,31H,5-6,9-10,15-17,19-22H2,1-4H3,(H,37,38)/t24?,25-,31+/m1/s1. The molecule has 0 saturated carbocycles. The van der Waals surface area contributed by atoms with Crippen molar-refractivity contribution in [2.75, 3.05) is 67.3 Å². The fourth-order valence-electron chi connectivity index (χ4n) is 5.81. The number of carboxylic acid groups (broad SMARTS) is 1. The lowest BCUT2D eigenvalue weighted by atomic mass is 9.85. The molecule has 2 heterocycles. The van der Waals surface area contributed by atoms with Crippen molar-refractivity contribution in [1.29, 1.82) is 0 Å². The van der Waals surface area contributed by atoms with Gasteiger partial charge < -0.3 is 33.9 Å². The van der Waals surface area contributed by atoms with Gasteiger partial charge in [-0.2, -0.15) is 0 Å². The van der Waals surface area contributed by atoms with Crippen molar-refractivity contribution in [3.05, 3.63) is 48.0 Å². The summed E-state index contributed by atoms with van der Waals surface area (Å²) in [5.41, 5.74) is 0.843. The Morgan fingerprint density at radius 3 is 2.43 bits per heavy atom. The van der Waals surface area contributed by atoms with Gasteiger partial charge in [0.15, 0.2) is 23.0 Å². The number of para-hydroxylation sites is 2. The molecule has 10 nitrogen and oxygen atoms in total. The van der Waals surface area contributed by atoms with Gasteiger partial charge in [0.25, 0.3) is 0 Å². The van der Waals surface area contributed by atoms with Gasteiger partial charge in [0.1, 0.15) is 6.61 Å². The number of hydrogen-bond acceptors (Lipinski definition) is 8. The third kappa shape index (κ3) is 7.86. The van der Waals surface area contributed by atoms with Crippen LogP contribution in [0.3, 0.4) is 0 Å².